The summed E-state index contributed by atoms with van der Waals surface area (Å²) in [5, 5.41) is 0. The number of amides is 1. The molecule has 0 bridgehead atoms. The van der Waals surface area contributed by atoms with Gasteiger partial charge in [-0.3, -0.25) is 0 Å². The smallest absolute Gasteiger partial charge is 0.410 e. The van der Waals surface area contributed by atoms with Crippen molar-refractivity contribution in [2.24, 2.45) is 17.8 Å². The van der Waals surface area contributed by atoms with Crippen LogP contribution in [0, 0.1) is 17.8 Å². The van der Waals surface area contributed by atoms with Gasteiger partial charge in [0.05, 0.1) is 0 Å². The number of carbonyl (C=O) groups excluding carboxylic acids is 1. The molecular formula is C11H19NO2. The van der Waals surface area contributed by atoms with E-state index in [1.165, 1.54) is 0 Å². The Labute approximate surface area is 85.4 Å². The molecular weight excluding hydrogens is 178 g/mol. The van der Waals surface area contributed by atoms with Crippen molar-refractivity contribution < 1.29 is 9.53 Å². The first kappa shape index (κ1) is 9.81. The highest BCUT2D eigenvalue weighted by molar-refractivity contribution is 5.68. The molecule has 1 aliphatic heterocycles. The molecule has 0 N–H and O–H groups in total. The third kappa shape index (κ3) is 1.72. The van der Waals surface area contributed by atoms with Crippen LogP contribution in [0.2, 0.25) is 0 Å². The van der Waals surface area contributed by atoms with Crippen molar-refractivity contribution in [2.45, 2.75) is 33.3 Å². The molecule has 0 spiro atoms. The van der Waals surface area contributed by atoms with E-state index >= 15 is 0 Å². The Morgan fingerprint density at radius 3 is 2.21 bits per heavy atom. The standard InChI is InChI=1S/C11H19NO2/c1-7-8-5-12(6-9(7)8)10(13)14-11(2,3)4/h7-9H,5-6H2,1-4H3/t7-,8-,9?/m1/s1. The van der Waals surface area contributed by atoms with Gasteiger partial charge in [-0.05, 0) is 38.5 Å². The molecule has 2 rings (SSSR count). The van der Waals surface area contributed by atoms with Gasteiger partial charge in [0, 0.05) is 13.1 Å². The Kier molecular flexibility index (Phi) is 2.02. The van der Waals surface area contributed by atoms with Crippen molar-refractivity contribution in [3.63, 3.8) is 0 Å². The predicted molar refractivity (Wildman–Crippen MR) is 54.0 cm³/mol. The lowest BCUT2D eigenvalue weighted by atomic mass is 10.2. The molecule has 1 unspecified atom stereocenters. The summed E-state index contributed by atoms with van der Waals surface area (Å²) < 4.78 is 5.31. The molecule has 80 valence electrons. The van der Waals surface area contributed by atoms with E-state index in [-0.39, 0.29) is 11.7 Å². The number of likely N-dealkylation sites (tertiary alicyclic amines) is 1. The van der Waals surface area contributed by atoms with Crippen LogP contribution in [0.25, 0.3) is 0 Å². The Morgan fingerprint density at radius 2 is 1.79 bits per heavy atom. The summed E-state index contributed by atoms with van der Waals surface area (Å²) in [5.41, 5.74) is -0.366. The maximum absolute atomic E-state index is 11.6. The Hall–Kier alpha value is -0.730. The molecule has 1 aliphatic carbocycles. The van der Waals surface area contributed by atoms with E-state index in [2.05, 4.69) is 6.92 Å². The van der Waals surface area contributed by atoms with E-state index in [1.54, 1.807) is 0 Å². The maximum atomic E-state index is 11.6. The number of carbonyl (C=O) groups is 1. The lowest BCUT2D eigenvalue weighted by molar-refractivity contribution is 0.0267. The molecule has 1 saturated carbocycles. The van der Waals surface area contributed by atoms with Gasteiger partial charge in [0.25, 0.3) is 0 Å². The molecule has 2 aliphatic rings. The van der Waals surface area contributed by atoms with Crippen LogP contribution in [-0.4, -0.2) is 29.7 Å². The molecule has 0 radical (unpaired) electrons. The van der Waals surface area contributed by atoms with Gasteiger partial charge < -0.3 is 9.64 Å². The molecule has 1 heterocycles. The van der Waals surface area contributed by atoms with Crippen molar-refractivity contribution in [1.82, 2.24) is 4.90 Å². The topological polar surface area (TPSA) is 29.5 Å². The Morgan fingerprint density at radius 1 is 1.29 bits per heavy atom. The highest BCUT2D eigenvalue weighted by Gasteiger charge is 2.54. The minimum absolute atomic E-state index is 0.142. The summed E-state index contributed by atoms with van der Waals surface area (Å²) in [5.74, 6) is 2.33. The van der Waals surface area contributed by atoms with Crippen molar-refractivity contribution in [3.05, 3.63) is 0 Å². The number of nitrogens with zero attached hydrogens (tertiary/aromatic N) is 1. The number of hydrogen-bond acceptors (Lipinski definition) is 2. The minimum Gasteiger partial charge on any atom is -0.444 e. The second kappa shape index (κ2) is 2.88. The van der Waals surface area contributed by atoms with Crippen molar-refractivity contribution in [1.29, 1.82) is 0 Å². The second-order valence-electron chi connectivity index (χ2n) is 5.57. The number of piperidine rings is 1. The zero-order chi connectivity index (χ0) is 10.5. The minimum atomic E-state index is -0.366. The quantitative estimate of drug-likeness (QED) is 0.595. The molecule has 3 nitrogen and oxygen atoms in total. The van der Waals surface area contributed by atoms with Crippen LogP contribution in [0.3, 0.4) is 0 Å². The van der Waals surface area contributed by atoms with Crippen LogP contribution in [0.5, 0.6) is 0 Å². The molecule has 1 amide bonds. The van der Waals surface area contributed by atoms with Gasteiger partial charge in [0.2, 0.25) is 0 Å². The molecule has 0 aromatic heterocycles. The number of fused-ring (bicyclic) bond motifs is 1. The molecule has 14 heavy (non-hydrogen) atoms. The van der Waals surface area contributed by atoms with Gasteiger partial charge in [-0.1, -0.05) is 6.92 Å². The molecule has 1 saturated heterocycles. The zero-order valence-electron chi connectivity index (χ0n) is 9.41. The van der Waals surface area contributed by atoms with E-state index in [1.807, 2.05) is 25.7 Å². The first-order chi connectivity index (χ1) is 6.38. The summed E-state index contributed by atoms with van der Waals surface area (Å²) in [6.07, 6.45) is -0.142. The van der Waals surface area contributed by atoms with E-state index in [9.17, 15) is 4.79 Å². The first-order valence-electron chi connectivity index (χ1n) is 5.36. The Balaban J connectivity index is 1.84. The predicted octanol–water partition coefficient (Wildman–Crippen LogP) is 2.12. The third-order valence-electron chi connectivity index (χ3n) is 3.27. The summed E-state index contributed by atoms with van der Waals surface area (Å²) in [4.78, 5) is 13.5. The first-order valence-corrected chi connectivity index (χ1v) is 5.36. The summed E-state index contributed by atoms with van der Waals surface area (Å²) in [6, 6.07) is 0. The average Bonchev–Trinajstić information content (AvgIpc) is 2.47. The van der Waals surface area contributed by atoms with Gasteiger partial charge >= 0.3 is 6.09 Å². The fourth-order valence-corrected chi connectivity index (χ4v) is 2.30. The van der Waals surface area contributed by atoms with Gasteiger partial charge in [0.1, 0.15) is 5.60 Å². The monoisotopic (exact) mass is 197 g/mol. The number of ether oxygens (including phenoxy) is 1. The van der Waals surface area contributed by atoms with Crippen LogP contribution in [0.4, 0.5) is 4.79 Å². The fourth-order valence-electron chi connectivity index (χ4n) is 2.30. The van der Waals surface area contributed by atoms with Crippen LogP contribution in [0.15, 0.2) is 0 Å². The van der Waals surface area contributed by atoms with Gasteiger partial charge in [-0.15, -0.1) is 0 Å². The highest BCUT2D eigenvalue weighted by Crippen LogP contribution is 2.51. The number of hydrogen-bond donors (Lipinski definition) is 0. The van der Waals surface area contributed by atoms with Crippen molar-refractivity contribution in [2.75, 3.05) is 13.1 Å². The molecule has 2 fully saturated rings. The summed E-state index contributed by atoms with van der Waals surface area (Å²) >= 11 is 0. The van der Waals surface area contributed by atoms with Crippen LogP contribution in [0.1, 0.15) is 27.7 Å². The lowest BCUT2D eigenvalue weighted by Crippen LogP contribution is -2.36. The molecule has 3 heteroatoms. The van der Waals surface area contributed by atoms with Gasteiger partial charge in [-0.25, -0.2) is 4.79 Å². The molecule has 3 atom stereocenters. The van der Waals surface area contributed by atoms with E-state index in [4.69, 9.17) is 4.74 Å². The maximum Gasteiger partial charge on any atom is 0.410 e. The van der Waals surface area contributed by atoms with Crippen LogP contribution < -0.4 is 0 Å². The van der Waals surface area contributed by atoms with Crippen LogP contribution in [-0.2, 0) is 4.74 Å². The normalized spacial score (nSPS) is 35.4. The van der Waals surface area contributed by atoms with Gasteiger partial charge in [-0.2, -0.15) is 0 Å². The largest absolute Gasteiger partial charge is 0.444 e. The molecule has 0 aromatic carbocycles. The van der Waals surface area contributed by atoms with E-state index in [0.717, 1.165) is 30.8 Å². The van der Waals surface area contributed by atoms with E-state index in [0.29, 0.717) is 0 Å². The van der Waals surface area contributed by atoms with Crippen molar-refractivity contribution in [3.8, 4) is 0 Å². The summed E-state index contributed by atoms with van der Waals surface area (Å²) in [7, 11) is 0. The second-order valence-corrected chi connectivity index (χ2v) is 5.57. The van der Waals surface area contributed by atoms with Crippen LogP contribution >= 0.6 is 0 Å². The third-order valence-corrected chi connectivity index (χ3v) is 3.27. The number of rotatable bonds is 0. The van der Waals surface area contributed by atoms with Gasteiger partial charge in [0.15, 0.2) is 0 Å². The highest BCUT2D eigenvalue weighted by atomic mass is 16.6. The zero-order valence-corrected chi connectivity index (χ0v) is 9.41. The summed E-state index contributed by atoms with van der Waals surface area (Å²) in [6.45, 7) is 9.79. The molecule has 0 aromatic rings. The van der Waals surface area contributed by atoms with Crippen molar-refractivity contribution >= 4 is 6.09 Å². The average molecular weight is 197 g/mol. The fraction of sp³-hybridized carbons (Fsp3) is 0.909. The SMILES string of the molecule is C[C@H]1C2CN(C(=O)OC(C)(C)C)C[C@@H]21. The Bertz CT molecular complexity index is 245. The lowest BCUT2D eigenvalue weighted by Gasteiger charge is -2.25. The van der Waals surface area contributed by atoms with E-state index < -0.39 is 0 Å².